The number of halogens is 2. The second-order valence-corrected chi connectivity index (χ2v) is 7.46. The van der Waals surface area contributed by atoms with Crippen molar-refractivity contribution in [2.24, 2.45) is 5.92 Å². The van der Waals surface area contributed by atoms with E-state index in [1.165, 1.54) is 23.7 Å². The third kappa shape index (κ3) is 5.10. The Balaban J connectivity index is 3.03. The lowest BCUT2D eigenvalue weighted by Crippen LogP contribution is -2.42. The number of benzene rings is 1. The zero-order valence-corrected chi connectivity index (χ0v) is 14.5. The first-order chi connectivity index (χ1) is 10.2. The normalized spacial score (nSPS) is 14.4. The van der Waals surface area contributed by atoms with Crippen molar-refractivity contribution in [2.75, 3.05) is 0 Å². The Kier molecular flexibility index (Phi) is 7.08. The van der Waals surface area contributed by atoms with Crippen LogP contribution in [0, 0.1) is 5.92 Å². The molecule has 0 spiro atoms. The van der Waals surface area contributed by atoms with Crippen LogP contribution in [0.3, 0.4) is 0 Å². The van der Waals surface area contributed by atoms with Gasteiger partial charge in [-0.25, -0.2) is 18.6 Å². The summed E-state index contributed by atoms with van der Waals surface area (Å²) < 4.78 is 27.2. The Morgan fingerprint density at radius 1 is 1.32 bits per heavy atom. The molecule has 2 atom stereocenters. The zero-order chi connectivity index (χ0) is 16.9. The number of hydroxylamine groups is 1. The van der Waals surface area contributed by atoms with Crippen molar-refractivity contribution in [3.63, 3.8) is 0 Å². The number of sulfonamides is 1. The average Bonchev–Trinajstić information content (AvgIpc) is 2.47. The van der Waals surface area contributed by atoms with Crippen LogP contribution >= 0.6 is 23.2 Å². The summed E-state index contributed by atoms with van der Waals surface area (Å²) in [5, 5.41) is 8.98. The predicted molar refractivity (Wildman–Crippen MR) is 84.6 cm³/mol. The molecule has 1 amide bonds. The molecule has 9 heteroatoms. The molecule has 1 rings (SSSR count). The van der Waals surface area contributed by atoms with E-state index in [4.69, 9.17) is 28.4 Å². The third-order valence-corrected chi connectivity index (χ3v) is 5.60. The standard InChI is InChI=1S/C13H18Cl2N2O4S/c1-3-8(2)12(7-13(18)16-19)17-22(20,21)9-4-5-10(14)11(15)6-9/h4-6,8,12,17,19H,3,7H2,1-2H3,(H,16,18)/t8-,12?/m0/s1. The van der Waals surface area contributed by atoms with Gasteiger partial charge in [0.05, 0.1) is 14.9 Å². The molecule has 6 nitrogen and oxygen atoms in total. The van der Waals surface area contributed by atoms with E-state index < -0.39 is 22.0 Å². The van der Waals surface area contributed by atoms with Gasteiger partial charge in [-0.05, 0) is 24.1 Å². The summed E-state index contributed by atoms with van der Waals surface area (Å²) in [6.07, 6.45) is 0.485. The largest absolute Gasteiger partial charge is 0.289 e. The highest BCUT2D eigenvalue weighted by Gasteiger charge is 2.26. The number of rotatable bonds is 7. The molecular weight excluding hydrogens is 351 g/mol. The van der Waals surface area contributed by atoms with Crippen LogP contribution in [0.2, 0.25) is 10.0 Å². The summed E-state index contributed by atoms with van der Waals surface area (Å²) in [7, 11) is -3.86. The Bertz CT molecular complexity index is 637. The average molecular weight is 369 g/mol. The van der Waals surface area contributed by atoms with Gasteiger partial charge in [0.15, 0.2) is 0 Å². The van der Waals surface area contributed by atoms with Gasteiger partial charge in [-0.3, -0.25) is 10.0 Å². The summed E-state index contributed by atoms with van der Waals surface area (Å²) >= 11 is 11.6. The number of carbonyl (C=O) groups excluding carboxylic acids is 1. The molecule has 0 aliphatic carbocycles. The number of carbonyl (C=O) groups is 1. The van der Waals surface area contributed by atoms with Gasteiger partial charge >= 0.3 is 0 Å². The molecule has 0 aliphatic rings. The molecule has 0 aliphatic heterocycles. The Hall–Kier alpha value is -0.860. The third-order valence-electron chi connectivity index (χ3n) is 3.37. The van der Waals surface area contributed by atoms with Crippen LogP contribution in [0.4, 0.5) is 0 Å². The number of nitrogens with one attached hydrogen (secondary N) is 2. The summed E-state index contributed by atoms with van der Waals surface area (Å²) in [6.45, 7) is 3.69. The van der Waals surface area contributed by atoms with E-state index in [1.807, 2.05) is 13.8 Å². The molecule has 0 heterocycles. The van der Waals surface area contributed by atoms with E-state index in [2.05, 4.69) is 4.72 Å². The van der Waals surface area contributed by atoms with Gasteiger partial charge in [0.2, 0.25) is 15.9 Å². The molecular formula is C13H18Cl2N2O4S. The SMILES string of the molecule is CC[C@H](C)C(CC(=O)NO)NS(=O)(=O)c1ccc(Cl)c(Cl)c1. The maximum Gasteiger partial charge on any atom is 0.244 e. The van der Waals surface area contributed by atoms with E-state index in [-0.39, 0.29) is 27.3 Å². The van der Waals surface area contributed by atoms with Gasteiger partial charge in [-0.1, -0.05) is 43.5 Å². The van der Waals surface area contributed by atoms with Crippen LogP contribution in [0.5, 0.6) is 0 Å². The van der Waals surface area contributed by atoms with Gasteiger partial charge in [-0.15, -0.1) is 0 Å². The van der Waals surface area contributed by atoms with Crippen molar-refractivity contribution in [2.45, 2.75) is 37.6 Å². The van der Waals surface area contributed by atoms with Crippen LogP contribution in [0.25, 0.3) is 0 Å². The Labute approximate surface area is 139 Å². The Morgan fingerprint density at radius 2 is 1.95 bits per heavy atom. The molecule has 1 aromatic carbocycles. The van der Waals surface area contributed by atoms with Crippen molar-refractivity contribution in [1.29, 1.82) is 0 Å². The molecule has 1 aromatic rings. The fourth-order valence-electron chi connectivity index (χ4n) is 1.80. The predicted octanol–water partition coefficient (Wildman–Crippen LogP) is 2.58. The second kappa shape index (κ2) is 8.12. The van der Waals surface area contributed by atoms with E-state index >= 15 is 0 Å². The van der Waals surface area contributed by atoms with Crippen molar-refractivity contribution in [1.82, 2.24) is 10.2 Å². The van der Waals surface area contributed by atoms with Crippen LogP contribution < -0.4 is 10.2 Å². The van der Waals surface area contributed by atoms with Gasteiger partial charge in [0.1, 0.15) is 0 Å². The lowest BCUT2D eigenvalue weighted by molar-refractivity contribution is -0.129. The molecule has 0 saturated heterocycles. The molecule has 124 valence electrons. The van der Waals surface area contributed by atoms with Crippen molar-refractivity contribution in [3.8, 4) is 0 Å². The van der Waals surface area contributed by atoms with Crippen LogP contribution in [0.15, 0.2) is 23.1 Å². The summed E-state index contributed by atoms with van der Waals surface area (Å²) in [4.78, 5) is 11.3. The zero-order valence-electron chi connectivity index (χ0n) is 12.1. The molecule has 0 fully saturated rings. The second-order valence-electron chi connectivity index (χ2n) is 4.93. The van der Waals surface area contributed by atoms with Gasteiger partial charge in [0.25, 0.3) is 0 Å². The molecule has 0 bridgehead atoms. The smallest absolute Gasteiger partial charge is 0.244 e. The molecule has 22 heavy (non-hydrogen) atoms. The quantitative estimate of drug-likeness (QED) is 0.509. The first kappa shape index (κ1) is 19.2. The van der Waals surface area contributed by atoms with Crippen LogP contribution in [-0.4, -0.2) is 25.6 Å². The minimum atomic E-state index is -3.86. The van der Waals surface area contributed by atoms with Crippen molar-refractivity contribution < 1.29 is 18.4 Å². The van der Waals surface area contributed by atoms with Crippen LogP contribution in [-0.2, 0) is 14.8 Å². The molecule has 0 saturated carbocycles. The lowest BCUT2D eigenvalue weighted by atomic mass is 9.97. The first-order valence-electron chi connectivity index (χ1n) is 6.61. The summed E-state index contributed by atoms with van der Waals surface area (Å²) in [5.41, 5.74) is 1.50. The summed E-state index contributed by atoms with van der Waals surface area (Å²) in [6, 6.07) is 3.30. The van der Waals surface area contributed by atoms with E-state index in [0.717, 1.165) is 0 Å². The minimum Gasteiger partial charge on any atom is -0.289 e. The monoisotopic (exact) mass is 368 g/mol. The van der Waals surface area contributed by atoms with Crippen LogP contribution in [0.1, 0.15) is 26.7 Å². The lowest BCUT2D eigenvalue weighted by Gasteiger charge is -2.23. The van der Waals surface area contributed by atoms with E-state index in [1.54, 1.807) is 0 Å². The fourth-order valence-corrected chi connectivity index (χ4v) is 3.53. The summed E-state index contributed by atoms with van der Waals surface area (Å²) in [5.74, 6) is -0.767. The van der Waals surface area contributed by atoms with Gasteiger partial charge in [0, 0.05) is 12.5 Å². The first-order valence-corrected chi connectivity index (χ1v) is 8.85. The fraction of sp³-hybridized carbons (Fsp3) is 0.462. The highest BCUT2D eigenvalue weighted by Crippen LogP contribution is 2.25. The number of hydrogen-bond acceptors (Lipinski definition) is 4. The maximum absolute atomic E-state index is 12.4. The minimum absolute atomic E-state index is 0.0420. The number of amides is 1. The van der Waals surface area contributed by atoms with E-state index in [0.29, 0.717) is 6.42 Å². The van der Waals surface area contributed by atoms with Crippen molar-refractivity contribution >= 4 is 39.1 Å². The molecule has 3 N–H and O–H groups in total. The van der Waals surface area contributed by atoms with Gasteiger partial charge in [-0.2, -0.15) is 0 Å². The molecule has 0 aromatic heterocycles. The molecule has 1 unspecified atom stereocenters. The van der Waals surface area contributed by atoms with E-state index in [9.17, 15) is 13.2 Å². The highest BCUT2D eigenvalue weighted by molar-refractivity contribution is 7.89. The van der Waals surface area contributed by atoms with Crippen molar-refractivity contribution in [3.05, 3.63) is 28.2 Å². The van der Waals surface area contributed by atoms with Gasteiger partial charge < -0.3 is 0 Å². The Morgan fingerprint density at radius 3 is 2.45 bits per heavy atom. The highest BCUT2D eigenvalue weighted by atomic mass is 35.5. The maximum atomic E-state index is 12.4. The molecule has 0 radical (unpaired) electrons. The topological polar surface area (TPSA) is 95.5 Å². The number of hydrogen-bond donors (Lipinski definition) is 3.